The molecule has 0 spiro atoms. The molecular formula is C14H29ClN2. The third-order valence-corrected chi connectivity index (χ3v) is 4.42. The molecule has 0 aromatic carbocycles. The Kier molecular flexibility index (Phi) is 7.49. The maximum atomic E-state index is 5.67. The summed E-state index contributed by atoms with van der Waals surface area (Å²) in [4.78, 5) is 2.72. The summed E-state index contributed by atoms with van der Waals surface area (Å²) in [6.45, 7) is 4.92. The summed E-state index contributed by atoms with van der Waals surface area (Å²) in [6, 6.07) is 0. The molecule has 102 valence electrons. The lowest BCUT2D eigenvalue weighted by Gasteiger charge is -2.36. The molecule has 2 rings (SSSR count). The molecule has 2 nitrogen and oxygen atoms in total. The van der Waals surface area contributed by atoms with E-state index in [9.17, 15) is 0 Å². The van der Waals surface area contributed by atoms with Gasteiger partial charge in [0.25, 0.3) is 0 Å². The quantitative estimate of drug-likeness (QED) is 0.842. The molecule has 2 aliphatic rings. The van der Waals surface area contributed by atoms with Crippen LogP contribution in [0.5, 0.6) is 0 Å². The minimum atomic E-state index is 0. The molecule has 1 aliphatic heterocycles. The van der Waals surface area contributed by atoms with Gasteiger partial charge in [0, 0.05) is 13.1 Å². The fraction of sp³-hybridized carbons (Fsp3) is 1.00. The normalized spacial score (nSPS) is 27.7. The van der Waals surface area contributed by atoms with Gasteiger partial charge in [-0.1, -0.05) is 19.3 Å². The van der Waals surface area contributed by atoms with Crippen molar-refractivity contribution in [2.75, 3.05) is 26.2 Å². The summed E-state index contributed by atoms with van der Waals surface area (Å²) in [5, 5.41) is 0. The third kappa shape index (κ3) is 5.15. The van der Waals surface area contributed by atoms with Gasteiger partial charge in [-0.2, -0.15) is 0 Å². The number of hydrogen-bond acceptors (Lipinski definition) is 2. The molecule has 17 heavy (non-hydrogen) atoms. The van der Waals surface area contributed by atoms with Gasteiger partial charge in [0.05, 0.1) is 0 Å². The van der Waals surface area contributed by atoms with Gasteiger partial charge in [0.2, 0.25) is 0 Å². The molecule has 1 aliphatic carbocycles. The topological polar surface area (TPSA) is 29.3 Å². The molecule has 1 heterocycles. The minimum absolute atomic E-state index is 0. The van der Waals surface area contributed by atoms with Gasteiger partial charge >= 0.3 is 0 Å². The molecule has 2 fully saturated rings. The summed E-state index contributed by atoms with van der Waals surface area (Å²) in [5.74, 6) is 1.90. The lowest BCUT2D eigenvalue weighted by molar-refractivity contribution is 0.134. The van der Waals surface area contributed by atoms with Crippen LogP contribution < -0.4 is 5.73 Å². The van der Waals surface area contributed by atoms with E-state index >= 15 is 0 Å². The van der Waals surface area contributed by atoms with Crippen molar-refractivity contribution < 1.29 is 0 Å². The van der Waals surface area contributed by atoms with E-state index in [1.807, 2.05) is 0 Å². The number of halogens is 1. The Morgan fingerprint density at radius 2 is 1.65 bits per heavy atom. The van der Waals surface area contributed by atoms with Crippen LogP contribution in [-0.2, 0) is 0 Å². The van der Waals surface area contributed by atoms with Gasteiger partial charge in [0.1, 0.15) is 0 Å². The van der Waals surface area contributed by atoms with E-state index in [1.54, 1.807) is 0 Å². The highest BCUT2D eigenvalue weighted by molar-refractivity contribution is 5.85. The molecule has 1 saturated heterocycles. The molecule has 3 heteroatoms. The zero-order valence-electron chi connectivity index (χ0n) is 11.1. The first kappa shape index (κ1) is 15.3. The van der Waals surface area contributed by atoms with Crippen LogP contribution in [0.1, 0.15) is 51.4 Å². The predicted octanol–water partition coefficient (Wildman–Crippen LogP) is 3.05. The van der Waals surface area contributed by atoms with Crippen LogP contribution in [-0.4, -0.2) is 31.1 Å². The predicted molar refractivity (Wildman–Crippen MR) is 76.7 cm³/mol. The van der Waals surface area contributed by atoms with E-state index in [1.165, 1.54) is 71.0 Å². The van der Waals surface area contributed by atoms with Gasteiger partial charge in [-0.05, 0) is 57.0 Å². The minimum Gasteiger partial charge on any atom is -0.330 e. The highest BCUT2D eigenvalue weighted by atomic mass is 35.5. The van der Waals surface area contributed by atoms with Gasteiger partial charge in [-0.3, -0.25) is 0 Å². The van der Waals surface area contributed by atoms with Crippen molar-refractivity contribution in [1.29, 1.82) is 0 Å². The van der Waals surface area contributed by atoms with E-state index < -0.39 is 0 Å². The smallest absolute Gasteiger partial charge is 0.00103 e. The fourth-order valence-corrected chi connectivity index (χ4v) is 3.52. The second kappa shape index (κ2) is 8.34. The lowest BCUT2D eigenvalue weighted by Crippen LogP contribution is -2.39. The third-order valence-electron chi connectivity index (χ3n) is 4.42. The van der Waals surface area contributed by atoms with Crippen LogP contribution in [0.2, 0.25) is 0 Å². The highest BCUT2D eigenvalue weighted by Gasteiger charge is 2.22. The molecule has 0 aromatic heterocycles. The first-order chi connectivity index (χ1) is 7.88. The average Bonchev–Trinajstić information content (AvgIpc) is 2.31. The monoisotopic (exact) mass is 260 g/mol. The Bertz CT molecular complexity index is 191. The largest absolute Gasteiger partial charge is 0.330 e. The van der Waals surface area contributed by atoms with Crippen LogP contribution in [0, 0.1) is 11.8 Å². The molecule has 2 N–H and O–H groups in total. The SMILES string of the molecule is Cl.NCCC1CCCN(CC2CCCCC2)C1. The van der Waals surface area contributed by atoms with Crippen LogP contribution in [0.4, 0.5) is 0 Å². The number of likely N-dealkylation sites (tertiary alicyclic amines) is 1. The first-order valence-corrected chi connectivity index (χ1v) is 7.31. The maximum absolute atomic E-state index is 5.67. The first-order valence-electron chi connectivity index (χ1n) is 7.31. The zero-order valence-corrected chi connectivity index (χ0v) is 11.9. The van der Waals surface area contributed by atoms with E-state index in [0.717, 1.165) is 18.4 Å². The van der Waals surface area contributed by atoms with Crippen molar-refractivity contribution >= 4 is 12.4 Å². The number of nitrogens with zero attached hydrogens (tertiary/aromatic N) is 1. The molecule has 0 radical (unpaired) electrons. The van der Waals surface area contributed by atoms with Crippen LogP contribution in [0.25, 0.3) is 0 Å². The summed E-state index contributed by atoms with van der Waals surface area (Å²) in [6.07, 6.45) is 11.5. The number of piperidine rings is 1. The van der Waals surface area contributed by atoms with Crippen molar-refractivity contribution in [1.82, 2.24) is 4.90 Å². The van der Waals surface area contributed by atoms with Crippen molar-refractivity contribution in [3.8, 4) is 0 Å². The zero-order chi connectivity index (χ0) is 11.2. The van der Waals surface area contributed by atoms with Gasteiger partial charge in [0.15, 0.2) is 0 Å². The van der Waals surface area contributed by atoms with Gasteiger partial charge < -0.3 is 10.6 Å². The van der Waals surface area contributed by atoms with Crippen LogP contribution >= 0.6 is 12.4 Å². The molecule has 1 unspecified atom stereocenters. The van der Waals surface area contributed by atoms with Crippen LogP contribution in [0.15, 0.2) is 0 Å². The second-order valence-electron chi connectivity index (χ2n) is 5.85. The summed E-state index contributed by atoms with van der Waals surface area (Å²) < 4.78 is 0. The maximum Gasteiger partial charge on any atom is 0.00103 e. The molecule has 1 atom stereocenters. The lowest BCUT2D eigenvalue weighted by atomic mass is 9.87. The Balaban J connectivity index is 0.00000144. The highest BCUT2D eigenvalue weighted by Crippen LogP contribution is 2.26. The summed E-state index contributed by atoms with van der Waals surface area (Å²) in [5.41, 5.74) is 5.67. The van der Waals surface area contributed by atoms with E-state index in [4.69, 9.17) is 5.73 Å². The summed E-state index contributed by atoms with van der Waals surface area (Å²) in [7, 11) is 0. The Hall–Kier alpha value is 0.210. The Labute approximate surface area is 113 Å². The number of nitrogens with two attached hydrogens (primary N) is 1. The Morgan fingerprint density at radius 1 is 0.941 bits per heavy atom. The molecule has 0 aromatic rings. The summed E-state index contributed by atoms with van der Waals surface area (Å²) >= 11 is 0. The number of rotatable bonds is 4. The second-order valence-corrected chi connectivity index (χ2v) is 5.85. The van der Waals surface area contributed by atoms with Gasteiger partial charge in [-0.25, -0.2) is 0 Å². The van der Waals surface area contributed by atoms with E-state index in [2.05, 4.69) is 4.90 Å². The Morgan fingerprint density at radius 3 is 2.35 bits per heavy atom. The molecule has 0 bridgehead atoms. The van der Waals surface area contributed by atoms with Gasteiger partial charge in [-0.15, -0.1) is 12.4 Å². The van der Waals surface area contributed by atoms with Crippen molar-refractivity contribution in [2.24, 2.45) is 17.6 Å². The standard InChI is InChI=1S/C14H28N2.ClH/c15-9-8-14-7-4-10-16(12-14)11-13-5-2-1-3-6-13;/h13-14H,1-12,15H2;1H. The molecule has 1 saturated carbocycles. The molecular weight excluding hydrogens is 232 g/mol. The van der Waals surface area contributed by atoms with Crippen molar-refractivity contribution in [3.63, 3.8) is 0 Å². The number of hydrogen-bond donors (Lipinski definition) is 1. The average molecular weight is 261 g/mol. The molecule has 0 amide bonds. The fourth-order valence-electron chi connectivity index (χ4n) is 3.52. The van der Waals surface area contributed by atoms with Crippen molar-refractivity contribution in [2.45, 2.75) is 51.4 Å². The van der Waals surface area contributed by atoms with E-state index in [0.29, 0.717) is 0 Å². The van der Waals surface area contributed by atoms with Crippen LogP contribution in [0.3, 0.4) is 0 Å². The van der Waals surface area contributed by atoms with Crippen molar-refractivity contribution in [3.05, 3.63) is 0 Å². The van der Waals surface area contributed by atoms with E-state index in [-0.39, 0.29) is 12.4 Å².